The van der Waals surface area contributed by atoms with Crippen LogP contribution in [0.2, 0.25) is 0 Å². The molecule has 0 heterocycles. The molecule has 138 valence electrons. The highest BCUT2D eigenvalue weighted by atomic mass is 79.9. The summed E-state index contributed by atoms with van der Waals surface area (Å²) in [7, 11) is 3.37. The van der Waals surface area contributed by atoms with E-state index in [1.807, 2.05) is 43.4 Å². The third-order valence-electron chi connectivity index (χ3n) is 4.08. The normalized spacial score (nSPS) is 12.8. The van der Waals surface area contributed by atoms with E-state index in [0.717, 1.165) is 9.37 Å². The van der Waals surface area contributed by atoms with Gasteiger partial charge in [-0.3, -0.25) is 9.59 Å². The second-order valence-corrected chi connectivity index (χ2v) is 6.82. The molecule has 0 saturated carbocycles. The van der Waals surface area contributed by atoms with Crippen LogP contribution in [0.4, 0.5) is 11.4 Å². The van der Waals surface area contributed by atoms with Crippen LogP contribution in [-0.2, 0) is 9.59 Å². The van der Waals surface area contributed by atoms with E-state index in [9.17, 15) is 9.59 Å². The van der Waals surface area contributed by atoms with Gasteiger partial charge in [-0.15, -0.1) is 0 Å². The van der Waals surface area contributed by atoms with E-state index in [2.05, 4.69) is 26.6 Å². The van der Waals surface area contributed by atoms with Crippen molar-refractivity contribution in [3.63, 3.8) is 0 Å². The van der Waals surface area contributed by atoms with Gasteiger partial charge in [-0.25, -0.2) is 0 Å². The predicted octanol–water partition coefficient (Wildman–Crippen LogP) is 1.94. The van der Waals surface area contributed by atoms with Gasteiger partial charge in [-0.1, -0.05) is 24.3 Å². The standard InChI is InChI=1S/C19H22BrN3O3/c1-13(19(25)22-16-10-6-7-11-17(16)26-3)23(2)12-18(24)21-15-9-5-4-8-14(15)20/h4-11,13H,12H2,1-3H3,(H,21,24)(H,22,25)/p+1/t13-/m0/s1. The molecule has 0 bridgehead atoms. The number of amides is 2. The van der Waals surface area contributed by atoms with Crippen LogP contribution >= 0.6 is 15.9 Å². The summed E-state index contributed by atoms with van der Waals surface area (Å²) < 4.78 is 6.05. The van der Waals surface area contributed by atoms with Gasteiger partial charge < -0.3 is 20.3 Å². The molecule has 1 unspecified atom stereocenters. The van der Waals surface area contributed by atoms with Gasteiger partial charge in [0, 0.05) is 4.47 Å². The summed E-state index contributed by atoms with van der Waals surface area (Å²) in [6.07, 6.45) is 0. The average molecular weight is 421 g/mol. The van der Waals surface area contributed by atoms with Crippen molar-refractivity contribution in [2.75, 3.05) is 31.3 Å². The van der Waals surface area contributed by atoms with Crippen LogP contribution in [0.5, 0.6) is 5.75 Å². The van der Waals surface area contributed by atoms with Gasteiger partial charge in [-0.2, -0.15) is 0 Å². The Hall–Kier alpha value is -2.38. The molecule has 0 radical (unpaired) electrons. The topological polar surface area (TPSA) is 71.9 Å². The number of halogens is 1. The SMILES string of the molecule is COc1ccccc1NC(=O)[C@H](C)[NH+](C)CC(=O)Nc1ccccc1Br. The van der Waals surface area contributed by atoms with E-state index in [1.54, 1.807) is 26.2 Å². The number of quaternary nitrogens is 1. The number of rotatable bonds is 7. The highest BCUT2D eigenvalue weighted by molar-refractivity contribution is 9.10. The Morgan fingerprint density at radius 1 is 1.08 bits per heavy atom. The van der Waals surface area contributed by atoms with Crippen molar-refractivity contribution in [2.24, 2.45) is 0 Å². The van der Waals surface area contributed by atoms with Gasteiger partial charge in [0.2, 0.25) is 0 Å². The number of carbonyl (C=O) groups excluding carboxylic acids is 2. The number of nitrogens with one attached hydrogen (secondary N) is 3. The molecule has 26 heavy (non-hydrogen) atoms. The number of hydrogen-bond acceptors (Lipinski definition) is 3. The molecule has 3 N–H and O–H groups in total. The molecule has 7 heteroatoms. The quantitative estimate of drug-likeness (QED) is 0.640. The van der Waals surface area contributed by atoms with E-state index in [1.165, 1.54) is 0 Å². The first kappa shape index (κ1) is 19.9. The maximum absolute atomic E-state index is 12.5. The molecule has 2 aromatic rings. The lowest BCUT2D eigenvalue weighted by atomic mass is 10.2. The van der Waals surface area contributed by atoms with Gasteiger partial charge in [0.05, 0.1) is 25.5 Å². The van der Waals surface area contributed by atoms with Crippen LogP contribution in [0, 0.1) is 0 Å². The third kappa shape index (κ3) is 5.31. The molecule has 2 amide bonds. The summed E-state index contributed by atoms with van der Waals surface area (Å²) in [6, 6.07) is 14.2. The summed E-state index contributed by atoms with van der Waals surface area (Å²) in [5.41, 5.74) is 1.31. The molecule has 0 fully saturated rings. The van der Waals surface area contributed by atoms with Crippen molar-refractivity contribution in [1.29, 1.82) is 0 Å². The molecule has 0 saturated heterocycles. The average Bonchev–Trinajstić information content (AvgIpc) is 2.63. The second-order valence-electron chi connectivity index (χ2n) is 5.96. The monoisotopic (exact) mass is 420 g/mol. The number of methoxy groups -OCH3 is 1. The minimum atomic E-state index is -0.412. The molecular weight excluding hydrogens is 398 g/mol. The fourth-order valence-electron chi connectivity index (χ4n) is 2.38. The van der Waals surface area contributed by atoms with Crippen LogP contribution in [-0.4, -0.2) is 38.6 Å². The minimum absolute atomic E-state index is 0.161. The number of para-hydroxylation sites is 3. The van der Waals surface area contributed by atoms with E-state index in [4.69, 9.17) is 4.74 Å². The molecular formula is C19H23BrN3O3+. The van der Waals surface area contributed by atoms with Gasteiger partial charge in [-0.05, 0) is 47.1 Å². The summed E-state index contributed by atoms with van der Waals surface area (Å²) >= 11 is 3.40. The Kier molecular flexibility index (Phi) is 7.17. The molecule has 0 spiro atoms. The van der Waals surface area contributed by atoms with Crippen LogP contribution < -0.4 is 20.3 Å². The Labute approximate surface area is 161 Å². The van der Waals surface area contributed by atoms with Crippen molar-refractivity contribution in [2.45, 2.75) is 13.0 Å². The third-order valence-corrected chi connectivity index (χ3v) is 4.78. The van der Waals surface area contributed by atoms with E-state index in [0.29, 0.717) is 17.1 Å². The number of benzene rings is 2. The van der Waals surface area contributed by atoms with Gasteiger partial charge in [0.25, 0.3) is 11.8 Å². The zero-order chi connectivity index (χ0) is 19.1. The summed E-state index contributed by atoms with van der Waals surface area (Å²) in [4.78, 5) is 25.5. The van der Waals surface area contributed by atoms with Crippen molar-refractivity contribution in [1.82, 2.24) is 0 Å². The summed E-state index contributed by atoms with van der Waals surface area (Å²) in [5.74, 6) is 0.254. The Morgan fingerprint density at radius 3 is 2.35 bits per heavy atom. The number of likely N-dealkylation sites (N-methyl/N-ethyl adjacent to an activating group) is 1. The lowest BCUT2D eigenvalue weighted by Gasteiger charge is -2.21. The van der Waals surface area contributed by atoms with E-state index in [-0.39, 0.29) is 18.4 Å². The Balaban J connectivity index is 1.93. The minimum Gasteiger partial charge on any atom is -0.495 e. The molecule has 6 nitrogen and oxygen atoms in total. The molecule has 0 aliphatic heterocycles. The van der Waals surface area contributed by atoms with Crippen molar-refractivity contribution < 1.29 is 19.2 Å². The lowest BCUT2D eigenvalue weighted by Crippen LogP contribution is -3.14. The summed E-state index contributed by atoms with van der Waals surface area (Å²) in [5, 5.41) is 5.69. The van der Waals surface area contributed by atoms with Gasteiger partial charge in [0.15, 0.2) is 12.6 Å². The van der Waals surface area contributed by atoms with Crippen LogP contribution in [0.15, 0.2) is 53.0 Å². The molecule has 2 rings (SSSR count). The maximum Gasteiger partial charge on any atom is 0.282 e. The Morgan fingerprint density at radius 2 is 1.69 bits per heavy atom. The number of anilines is 2. The first-order chi connectivity index (χ1) is 12.4. The zero-order valence-electron chi connectivity index (χ0n) is 15.0. The highest BCUT2D eigenvalue weighted by Crippen LogP contribution is 2.23. The number of hydrogen-bond donors (Lipinski definition) is 3. The van der Waals surface area contributed by atoms with Crippen LogP contribution in [0.1, 0.15) is 6.92 Å². The zero-order valence-corrected chi connectivity index (χ0v) is 16.6. The molecule has 2 aromatic carbocycles. The molecule has 0 aliphatic rings. The maximum atomic E-state index is 12.5. The fraction of sp³-hybridized carbons (Fsp3) is 0.263. The van der Waals surface area contributed by atoms with Gasteiger partial charge >= 0.3 is 0 Å². The Bertz CT molecular complexity index is 782. The lowest BCUT2D eigenvalue weighted by molar-refractivity contribution is -0.885. The number of ether oxygens (including phenoxy) is 1. The van der Waals surface area contributed by atoms with Crippen molar-refractivity contribution in [3.8, 4) is 5.75 Å². The summed E-state index contributed by atoms with van der Waals surface area (Å²) in [6.45, 7) is 1.95. The fourth-order valence-corrected chi connectivity index (χ4v) is 2.76. The first-order valence-electron chi connectivity index (χ1n) is 8.23. The molecule has 0 aromatic heterocycles. The number of carbonyl (C=O) groups is 2. The largest absolute Gasteiger partial charge is 0.495 e. The van der Waals surface area contributed by atoms with E-state index < -0.39 is 6.04 Å². The first-order valence-corrected chi connectivity index (χ1v) is 9.02. The molecule has 2 atom stereocenters. The van der Waals surface area contributed by atoms with Crippen LogP contribution in [0.25, 0.3) is 0 Å². The van der Waals surface area contributed by atoms with Crippen LogP contribution in [0.3, 0.4) is 0 Å². The highest BCUT2D eigenvalue weighted by Gasteiger charge is 2.24. The van der Waals surface area contributed by atoms with E-state index >= 15 is 0 Å². The van der Waals surface area contributed by atoms with Gasteiger partial charge in [0.1, 0.15) is 5.75 Å². The van der Waals surface area contributed by atoms with Crippen molar-refractivity contribution >= 4 is 39.1 Å². The predicted molar refractivity (Wildman–Crippen MR) is 106 cm³/mol. The second kappa shape index (κ2) is 9.35. The molecule has 0 aliphatic carbocycles. The smallest absolute Gasteiger partial charge is 0.282 e. The van der Waals surface area contributed by atoms with Crippen molar-refractivity contribution in [3.05, 3.63) is 53.0 Å².